The molecule has 1 aliphatic heterocycles. The van der Waals surface area contributed by atoms with E-state index in [-0.39, 0.29) is 11.8 Å². The molecule has 7 heteroatoms. The van der Waals surface area contributed by atoms with Crippen LogP contribution < -0.4 is 10.1 Å². The van der Waals surface area contributed by atoms with Gasteiger partial charge in [-0.05, 0) is 74.2 Å². The molecule has 2 aromatic rings. The molecule has 0 radical (unpaired) electrons. The Morgan fingerprint density at radius 3 is 2.14 bits per heavy atom. The van der Waals surface area contributed by atoms with Crippen LogP contribution in [0.25, 0.3) is 0 Å². The van der Waals surface area contributed by atoms with Crippen LogP contribution >= 0.6 is 0 Å². The molecule has 152 valence electrons. The highest BCUT2D eigenvalue weighted by atomic mass is 16.5. The van der Waals surface area contributed by atoms with Crippen molar-refractivity contribution in [3.05, 3.63) is 58.7 Å². The summed E-state index contributed by atoms with van der Waals surface area (Å²) in [6.45, 7) is 4.68. The zero-order chi connectivity index (χ0) is 21.0. The SMILES string of the molecule is Cc1cc(C(=O)Nc2ccc(C(=O)N3CCCC3)cc2)cc(C)c1OCC(=O)O. The first-order chi connectivity index (χ1) is 13.8. The number of nitrogens with one attached hydrogen (secondary N) is 1. The molecule has 1 heterocycles. The van der Waals surface area contributed by atoms with E-state index in [0.29, 0.717) is 33.7 Å². The van der Waals surface area contributed by atoms with Gasteiger partial charge in [0.25, 0.3) is 11.8 Å². The van der Waals surface area contributed by atoms with E-state index in [1.165, 1.54) is 0 Å². The van der Waals surface area contributed by atoms with Gasteiger partial charge in [-0.3, -0.25) is 9.59 Å². The molecule has 0 aromatic heterocycles. The van der Waals surface area contributed by atoms with Crippen molar-refractivity contribution in [2.75, 3.05) is 25.0 Å². The first-order valence-corrected chi connectivity index (χ1v) is 9.51. The Labute approximate surface area is 169 Å². The summed E-state index contributed by atoms with van der Waals surface area (Å²) in [5.74, 6) is -0.866. The zero-order valence-corrected chi connectivity index (χ0v) is 16.5. The molecule has 0 aliphatic carbocycles. The number of carboxylic acids is 1. The second-order valence-corrected chi connectivity index (χ2v) is 7.15. The van der Waals surface area contributed by atoms with E-state index in [4.69, 9.17) is 9.84 Å². The lowest BCUT2D eigenvalue weighted by Gasteiger charge is -2.15. The molecular weight excluding hydrogens is 372 g/mol. The lowest BCUT2D eigenvalue weighted by Crippen LogP contribution is -2.27. The fourth-order valence-electron chi connectivity index (χ4n) is 3.45. The highest BCUT2D eigenvalue weighted by molar-refractivity contribution is 6.05. The molecule has 1 fully saturated rings. The van der Waals surface area contributed by atoms with Gasteiger partial charge in [0.1, 0.15) is 5.75 Å². The second-order valence-electron chi connectivity index (χ2n) is 7.15. The number of hydrogen-bond donors (Lipinski definition) is 2. The standard InChI is InChI=1S/C22H24N2O5/c1-14-11-17(12-15(2)20(14)29-13-19(25)26)21(27)23-18-7-5-16(6-8-18)22(28)24-9-3-4-10-24/h5-8,11-12H,3-4,9-10,13H2,1-2H3,(H,23,27)(H,25,26). The van der Waals surface area contributed by atoms with Crippen LogP contribution in [-0.2, 0) is 4.79 Å². The summed E-state index contributed by atoms with van der Waals surface area (Å²) in [5.41, 5.74) is 3.01. The topological polar surface area (TPSA) is 95.9 Å². The number of benzene rings is 2. The van der Waals surface area contributed by atoms with Crippen molar-refractivity contribution in [2.45, 2.75) is 26.7 Å². The van der Waals surface area contributed by atoms with Crippen molar-refractivity contribution in [2.24, 2.45) is 0 Å². The van der Waals surface area contributed by atoms with Gasteiger partial charge in [-0.15, -0.1) is 0 Å². The number of carboxylic acid groups (broad SMARTS) is 1. The summed E-state index contributed by atoms with van der Waals surface area (Å²) >= 11 is 0. The summed E-state index contributed by atoms with van der Waals surface area (Å²) < 4.78 is 5.29. The number of carbonyl (C=O) groups excluding carboxylic acids is 2. The van der Waals surface area contributed by atoms with Crippen LogP contribution in [-0.4, -0.2) is 47.5 Å². The number of anilines is 1. The van der Waals surface area contributed by atoms with Crippen LogP contribution in [0, 0.1) is 13.8 Å². The van der Waals surface area contributed by atoms with Crippen molar-refractivity contribution < 1.29 is 24.2 Å². The number of ether oxygens (including phenoxy) is 1. The minimum absolute atomic E-state index is 0.0172. The van der Waals surface area contributed by atoms with Gasteiger partial charge in [-0.2, -0.15) is 0 Å². The van der Waals surface area contributed by atoms with Crippen molar-refractivity contribution in [1.82, 2.24) is 4.90 Å². The van der Waals surface area contributed by atoms with E-state index in [1.807, 2.05) is 4.90 Å². The second kappa shape index (κ2) is 8.77. The Kier molecular flexibility index (Phi) is 6.16. The summed E-state index contributed by atoms with van der Waals surface area (Å²) in [4.78, 5) is 37.5. The lowest BCUT2D eigenvalue weighted by atomic mass is 10.0. The van der Waals surface area contributed by atoms with Crippen LogP contribution in [0.2, 0.25) is 0 Å². The van der Waals surface area contributed by atoms with Crippen molar-refractivity contribution in [3.63, 3.8) is 0 Å². The fraction of sp³-hybridized carbons (Fsp3) is 0.318. The normalized spacial score (nSPS) is 13.2. The van der Waals surface area contributed by atoms with Crippen LogP contribution in [0.3, 0.4) is 0 Å². The van der Waals surface area contributed by atoms with Gasteiger partial charge in [-0.25, -0.2) is 4.79 Å². The monoisotopic (exact) mass is 396 g/mol. The van der Waals surface area contributed by atoms with Crippen molar-refractivity contribution in [3.8, 4) is 5.75 Å². The first kappa shape index (κ1) is 20.4. The fourth-order valence-corrected chi connectivity index (χ4v) is 3.45. The molecular formula is C22H24N2O5. The van der Waals surface area contributed by atoms with Gasteiger partial charge >= 0.3 is 5.97 Å². The highest BCUT2D eigenvalue weighted by Gasteiger charge is 2.19. The summed E-state index contributed by atoms with van der Waals surface area (Å²) in [6.07, 6.45) is 2.08. The molecule has 0 spiro atoms. The summed E-state index contributed by atoms with van der Waals surface area (Å²) in [7, 11) is 0. The van der Waals surface area contributed by atoms with Crippen molar-refractivity contribution in [1.29, 1.82) is 0 Å². The number of amides is 2. The largest absolute Gasteiger partial charge is 0.481 e. The number of hydrogen-bond acceptors (Lipinski definition) is 4. The maximum absolute atomic E-state index is 12.6. The zero-order valence-electron chi connectivity index (χ0n) is 16.5. The van der Waals surface area contributed by atoms with E-state index in [1.54, 1.807) is 50.2 Å². The Balaban J connectivity index is 1.68. The minimum Gasteiger partial charge on any atom is -0.481 e. The molecule has 0 atom stereocenters. The average Bonchev–Trinajstić information content (AvgIpc) is 3.21. The molecule has 2 aromatic carbocycles. The van der Waals surface area contributed by atoms with E-state index >= 15 is 0 Å². The smallest absolute Gasteiger partial charge is 0.341 e. The lowest BCUT2D eigenvalue weighted by molar-refractivity contribution is -0.139. The molecule has 0 saturated carbocycles. The molecule has 2 amide bonds. The first-order valence-electron chi connectivity index (χ1n) is 9.51. The van der Waals surface area contributed by atoms with E-state index < -0.39 is 12.6 Å². The number of aryl methyl sites for hydroxylation is 2. The van der Waals surface area contributed by atoms with Crippen LogP contribution in [0.1, 0.15) is 44.7 Å². The van der Waals surface area contributed by atoms with Crippen LogP contribution in [0.15, 0.2) is 36.4 Å². The third-order valence-corrected chi connectivity index (χ3v) is 4.85. The van der Waals surface area contributed by atoms with Gasteiger partial charge < -0.3 is 20.1 Å². The van der Waals surface area contributed by atoms with E-state index in [0.717, 1.165) is 25.9 Å². The Bertz CT molecular complexity index is 908. The molecule has 0 unspecified atom stereocenters. The average molecular weight is 396 g/mol. The molecule has 0 bridgehead atoms. The summed E-state index contributed by atoms with van der Waals surface area (Å²) in [5, 5.41) is 11.6. The third-order valence-electron chi connectivity index (χ3n) is 4.85. The van der Waals surface area contributed by atoms with Crippen LogP contribution in [0.5, 0.6) is 5.75 Å². The maximum Gasteiger partial charge on any atom is 0.341 e. The summed E-state index contributed by atoms with van der Waals surface area (Å²) in [6, 6.07) is 10.2. The number of aliphatic carboxylic acids is 1. The quantitative estimate of drug-likeness (QED) is 0.781. The van der Waals surface area contributed by atoms with Gasteiger partial charge in [0.2, 0.25) is 0 Å². The Morgan fingerprint density at radius 2 is 1.59 bits per heavy atom. The predicted molar refractivity (Wildman–Crippen MR) is 109 cm³/mol. The van der Waals surface area contributed by atoms with Gasteiger partial charge in [0.15, 0.2) is 6.61 Å². The molecule has 7 nitrogen and oxygen atoms in total. The van der Waals surface area contributed by atoms with Gasteiger partial charge in [-0.1, -0.05) is 0 Å². The number of likely N-dealkylation sites (tertiary alicyclic amines) is 1. The van der Waals surface area contributed by atoms with Crippen molar-refractivity contribution >= 4 is 23.5 Å². The Morgan fingerprint density at radius 1 is 1.00 bits per heavy atom. The number of rotatable bonds is 6. The highest BCUT2D eigenvalue weighted by Crippen LogP contribution is 2.25. The number of nitrogens with zero attached hydrogens (tertiary/aromatic N) is 1. The van der Waals surface area contributed by atoms with E-state index in [2.05, 4.69) is 5.32 Å². The predicted octanol–water partition coefficient (Wildman–Crippen LogP) is 3.26. The molecule has 3 rings (SSSR count). The Hall–Kier alpha value is -3.35. The molecule has 1 aliphatic rings. The van der Waals surface area contributed by atoms with Gasteiger partial charge in [0.05, 0.1) is 0 Å². The van der Waals surface area contributed by atoms with E-state index in [9.17, 15) is 14.4 Å². The van der Waals surface area contributed by atoms with Gasteiger partial charge in [0, 0.05) is 29.9 Å². The van der Waals surface area contributed by atoms with Crippen LogP contribution in [0.4, 0.5) is 5.69 Å². The number of carbonyl (C=O) groups is 3. The molecule has 2 N–H and O–H groups in total. The third kappa shape index (κ3) is 4.93. The minimum atomic E-state index is -1.06. The molecule has 29 heavy (non-hydrogen) atoms. The maximum atomic E-state index is 12.6. The molecule has 1 saturated heterocycles.